The highest BCUT2D eigenvalue weighted by atomic mass is 19.1. The molecule has 2 heterocycles. The number of nitrogens with zero attached hydrogens (tertiary/aromatic N) is 4. The van der Waals surface area contributed by atoms with Gasteiger partial charge in [-0.3, -0.25) is 4.79 Å². The zero-order valence-electron chi connectivity index (χ0n) is 16.6. The standard InChI is InChI=1S/C23H19F2N5O/c24-15-8-5-13(6-9-15)21(31)14-7-10-17(18(25)11-14)20-19-22(26)27-12-28-23(19)30(29-20)16-3-1-2-4-16/h5-12,16H,1-4H2,(H2,26,27,28). The lowest BCUT2D eigenvalue weighted by Crippen LogP contribution is -2.07. The van der Waals surface area contributed by atoms with E-state index in [1.54, 1.807) is 0 Å². The van der Waals surface area contributed by atoms with Gasteiger partial charge in [-0.25, -0.2) is 23.4 Å². The fraction of sp³-hybridized carbons (Fsp3) is 0.217. The Morgan fingerprint density at radius 1 is 1.00 bits per heavy atom. The molecule has 6 nitrogen and oxygen atoms in total. The van der Waals surface area contributed by atoms with Crippen LogP contribution < -0.4 is 5.73 Å². The fourth-order valence-corrected chi connectivity index (χ4v) is 4.20. The summed E-state index contributed by atoms with van der Waals surface area (Å²) in [6, 6.07) is 9.54. The van der Waals surface area contributed by atoms with Crippen molar-refractivity contribution in [2.75, 3.05) is 5.73 Å². The fourth-order valence-electron chi connectivity index (χ4n) is 4.20. The molecule has 1 fully saturated rings. The number of benzene rings is 2. The topological polar surface area (TPSA) is 86.7 Å². The lowest BCUT2D eigenvalue weighted by Gasteiger charge is -2.10. The molecule has 0 unspecified atom stereocenters. The molecular weight excluding hydrogens is 400 g/mol. The largest absolute Gasteiger partial charge is 0.383 e. The summed E-state index contributed by atoms with van der Waals surface area (Å²) in [5.41, 5.74) is 7.72. The summed E-state index contributed by atoms with van der Waals surface area (Å²) in [5.74, 6) is -1.21. The van der Waals surface area contributed by atoms with Gasteiger partial charge in [0.2, 0.25) is 0 Å². The van der Waals surface area contributed by atoms with Crippen molar-refractivity contribution in [1.82, 2.24) is 19.7 Å². The van der Waals surface area contributed by atoms with E-state index in [1.165, 1.54) is 48.8 Å². The van der Waals surface area contributed by atoms with Gasteiger partial charge >= 0.3 is 0 Å². The van der Waals surface area contributed by atoms with E-state index in [4.69, 9.17) is 5.73 Å². The molecule has 1 aliphatic rings. The van der Waals surface area contributed by atoms with Crippen LogP contribution in [0, 0.1) is 11.6 Å². The molecule has 1 aliphatic carbocycles. The van der Waals surface area contributed by atoms with Gasteiger partial charge in [-0.1, -0.05) is 18.9 Å². The molecule has 0 spiro atoms. The Bertz CT molecular complexity index is 1290. The van der Waals surface area contributed by atoms with E-state index in [0.717, 1.165) is 25.7 Å². The van der Waals surface area contributed by atoms with E-state index in [-0.39, 0.29) is 28.6 Å². The highest BCUT2D eigenvalue weighted by Gasteiger charge is 2.26. The molecule has 1 saturated carbocycles. The average molecular weight is 419 g/mol. The van der Waals surface area contributed by atoms with E-state index in [9.17, 15) is 9.18 Å². The molecule has 2 aromatic heterocycles. The van der Waals surface area contributed by atoms with Gasteiger partial charge in [0.15, 0.2) is 11.4 Å². The predicted octanol–water partition coefficient (Wildman–Crippen LogP) is 4.70. The van der Waals surface area contributed by atoms with E-state index in [2.05, 4.69) is 15.1 Å². The zero-order chi connectivity index (χ0) is 21.5. The molecule has 2 N–H and O–H groups in total. The summed E-state index contributed by atoms with van der Waals surface area (Å²) in [5, 5.41) is 5.18. The van der Waals surface area contributed by atoms with Crippen LogP contribution in [0.4, 0.5) is 14.6 Å². The number of carbonyl (C=O) groups excluding carboxylic acids is 1. The maximum atomic E-state index is 15.2. The van der Waals surface area contributed by atoms with E-state index < -0.39 is 17.4 Å². The molecule has 4 aromatic rings. The number of fused-ring (bicyclic) bond motifs is 1. The van der Waals surface area contributed by atoms with E-state index in [1.807, 2.05) is 4.68 Å². The Morgan fingerprint density at radius 2 is 1.71 bits per heavy atom. The lowest BCUT2D eigenvalue weighted by molar-refractivity contribution is 0.103. The number of anilines is 1. The minimum atomic E-state index is -0.603. The summed E-state index contributed by atoms with van der Waals surface area (Å²) in [4.78, 5) is 21.1. The molecule has 0 radical (unpaired) electrons. The maximum absolute atomic E-state index is 15.2. The van der Waals surface area contributed by atoms with Crippen molar-refractivity contribution in [2.45, 2.75) is 31.7 Å². The average Bonchev–Trinajstić information content (AvgIpc) is 3.42. The highest BCUT2D eigenvalue weighted by Crippen LogP contribution is 2.37. The van der Waals surface area contributed by atoms with Gasteiger partial charge < -0.3 is 5.73 Å². The van der Waals surface area contributed by atoms with Gasteiger partial charge in [0, 0.05) is 16.7 Å². The molecule has 0 bridgehead atoms. The third kappa shape index (κ3) is 3.34. The summed E-state index contributed by atoms with van der Waals surface area (Å²) < 4.78 is 30.1. The summed E-state index contributed by atoms with van der Waals surface area (Å²) in [7, 11) is 0. The summed E-state index contributed by atoms with van der Waals surface area (Å²) in [6.07, 6.45) is 5.56. The maximum Gasteiger partial charge on any atom is 0.193 e. The van der Waals surface area contributed by atoms with Crippen molar-refractivity contribution >= 4 is 22.6 Å². The number of hydrogen-bond acceptors (Lipinski definition) is 5. The summed E-state index contributed by atoms with van der Waals surface area (Å²) >= 11 is 0. The molecule has 156 valence electrons. The number of rotatable bonds is 4. The SMILES string of the molecule is Nc1ncnc2c1c(-c1ccc(C(=O)c3ccc(F)cc3)cc1F)nn2C1CCCC1. The Morgan fingerprint density at radius 3 is 2.42 bits per heavy atom. The Labute approximate surface area is 176 Å². The number of ketones is 1. The van der Waals surface area contributed by atoms with Gasteiger partial charge in [-0.05, 0) is 49.2 Å². The molecule has 5 rings (SSSR count). The van der Waals surface area contributed by atoms with Gasteiger partial charge in [0.05, 0.1) is 11.4 Å². The predicted molar refractivity (Wildman–Crippen MR) is 112 cm³/mol. The smallest absolute Gasteiger partial charge is 0.193 e. The number of nitrogens with two attached hydrogens (primary N) is 1. The third-order valence-electron chi connectivity index (χ3n) is 5.78. The van der Waals surface area contributed by atoms with Crippen molar-refractivity contribution < 1.29 is 13.6 Å². The van der Waals surface area contributed by atoms with Crippen molar-refractivity contribution in [3.8, 4) is 11.3 Å². The van der Waals surface area contributed by atoms with Crippen molar-refractivity contribution in [1.29, 1.82) is 0 Å². The number of halogens is 2. The van der Waals surface area contributed by atoms with Gasteiger partial charge in [0.1, 0.15) is 29.5 Å². The van der Waals surface area contributed by atoms with Crippen LogP contribution >= 0.6 is 0 Å². The molecule has 31 heavy (non-hydrogen) atoms. The molecular formula is C23H19F2N5O. The van der Waals surface area contributed by atoms with Crippen LogP contribution in [0.3, 0.4) is 0 Å². The van der Waals surface area contributed by atoms with Crippen LogP contribution in [0.1, 0.15) is 47.6 Å². The van der Waals surface area contributed by atoms with Crippen molar-refractivity contribution in [3.63, 3.8) is 0 Å². The van der Waals surface area contributed by atoms with Gasteiger partial charge in [0.25, 0.3) is 0 Å². The van der Waals surface area contributed by atoms with Crippen molar-refractivity contribution in [2.24, 2.45) is 0 Å². The zero-order valence-corrected chi connectivity index (χ0v) is 16.6. The minimum absolute atomic E-state index is 0.164. The van der Waals surface area contributed by atoms with Gasteiger partial charge in [-0.2, -0.15) is 5.10 Å². The van der Waals surface area contributed by atoms with Crippen LogP contribution in [0.25, 0.3) is 22.3 Å². The second-order valence-electron chi connectivity index (χ2n) is 7.72. The molecule has 2 aromatic carbocycles. The quantitative estimate of drug-likeness (QED) is 0.485. The first-order chi connectivity index (χ1) is 15.0. The minimum Gasteiger partial charge on any atom is -0.383 e. The monoisotopic (exact) mass is 419 g/mol. The van der Waals surface area contributed by atoms with Crippen LogP contribution in [0.15, 0.2) is 48.8 Å². The Hall–Kier alpha value is -3.68. The van der Waals surface area contributed by atoms with Gasteiger partial charge in [-0.15, -0.1) is 0 Å². The highest BCUT2D eigenvalue weighted by molar-refractivity contribution is 6.09. The Kier molecular flexibility index (Phi) is 4.69. The van der Waals surface area contributed by atoms with E-state index >= 15 is 4.39 Å². The number of aromatic nitrogens is 4. The molecule has 0 atom stereocenters. The van der Waals surface area contributed by atoms with Crippen molar-refractivity contribution in [3.05, 3.63) is 71.6 Å². The lowest BCUT2D eigenvalue weighted by atomic mass is 10.00. The van der Waals surface area contributed by atoms with Crippen LogP contribution in [-0.4, -0.2) is 25.5 Å². The third-order valence-corrected chi connectivity index (χ3v) is 5.78. The number of hydrogen-bond donors (Lipinski definition) is 1. The van der Waals surface area contributed by atoms with Crippen LogP contribution in [0.2, 0.25) is 0 Å². The number of nitrogen functional groups attached to an aromatic ring is 1. The summed E-state index contributed by atoms with van der Waals surface area (Å²) in [6.45, 7) is 0. The Balaban J connectivity index is 1.59. The second kappa shape index (κ2) is 7.54. The first-order valence-electron chi connectivity index (χ1n) is 10.1. The molecule has 0 amide bonds. The molecule has 0 saturated heterocycles. The molecule has 0 aliphatic heterocycles. The first kappa shape index (κ1) is 19.3. The van der Waals surface area contributed by atoms with Crippen LogP contribution in [-0.2, 0) is 0 Å². The normalized spacial score (nSPS) is 14.4. The molecule has 8 heteroatoms. The van der Waals surface area contributed by atoms with E-state index in [0.29, 0.717) is 16.7 Å². The first-order valence-corrected chi connectivity index (χ1v) is 10.1. The van der Waals surface area contributed by atoms with Crippen LogP contribution in [0.5, 0.6) is 0 Å². The second-order valence-corrected chi connectivity index (χ2v) is 7.72. The number of carbonyl (C=O) groups is 1.